The Kier molecular flexibility index (Phi) is 1.09. The van der Waals surface area contributed by atoms with E-state index in [1.165, 1.54) is 0 Å². The molecule has 0 spiro atoms. The molecule has 2 rings (SSSR count). The predicted octanol–water partition coefficient (Wildman–Crippen LogP) is 0.646. The Morgan fingerprint density at radius 2 is 2.40 bits per heavy atom. The van der Waals surface area contributed by atoms with Crippen molar-refractivity contribution >= 4 is 11.5 Å². The van der Waals surface area contributed by atoms with E-state index < -0.39 is 0 Å². The van der Waals surface area contributed by atoms with E-state index in [1.807, 2.05) is 24.1 Å². The van der Waals surface area contributed by atoms with Gasteiger partial charge in [0.15, 0.2) is 0 Å². The fraction of sp³-hybridized carbons (Fsp3) is 0.429. The van der Waals surface area contributed by atoms with E-state index in [2.05, 4.69) is 10.1 Å². The van der Waals surface area contributed by atoms with Gasteiger partial charge in [-0.05, 0) is 19.1 Å². The van der Waals surface area contributed by atoms with Crippen molar-refractivity contribution in [3.05, 3.63) is 12.2 Å². The summed E-state index contributed by atoms with van der Waals surface area (Å²) in [5.41, 5.74) is 1.06. The van der Waals surface area contributed by atoms with Crippen LogP contribution in [0.5, 0.6) is 0 Å². The van der Waals surface area contributed by atoms with Gasteiger partial charge in [0.05, 0.1) is 18.8 Å². The highest BCUT2D eigenvalue weighted by molar-refractivity contribution is 6.05. The van der Waals surface area contributed by atoms with Crippen LogP contribution < -0.4 is 0 Å². The molecule has 0 aromatic carbocycles. The molecule has 0 atom stereocenters. The monoisotopic (exact) mass is 135 g/mol. The highest BCUT2D eigenvalue weighted by Gasteiger charge is 2.15. The summed E-state index contributed by atoms with van der Waals surface area (Å²) in [4.78, 5) is 4.24. The summed E-state index contributed by atoms with van der Waals surface area (Å²) in [6.45, 7) is 3.82. The normalized spacial score (nSPS) is 22.3. The minimum Gasteiger partial charge on any atom is -0.265 e. The summed E-state index contributed by atoms with van der Waals surface area (Å²) in [5.74, 6) is 1.01. The van der Waals surface area contributed by atoms with E-state index in [-0.39, 0.29) is 0 Å². The molecule has 2 aliphatic rings. The molecule has 52 valence electrons. The van der Waals surface area contributed by atoms with Crippen LogP contribution in [0.2, 0.25) is 0 Å². The zero-order chi connectivity index (χ0) is 6.97. The van der Waals surface area contributed by atoms with Gasteiger partial charge in [0, 0.05) is 0 Å². The van der Waals surface area contributed by atoms with Crippen LogP contribution in [-0.4, -0.2) is 29.6 Å². The Morgan fingerprint density at radius 1 is 1.50 bits per heavy atom. The van der Waals surface area contributed by atoms with Crippen molar-refractivity contribution in [1.82, 2.24) is 5.01 Å². The Morgan fingerprint density at radius 3 is 3.30 bits per heavy atom. The lowest BCUT2D eigenvalue weighted by atomic mass is 10.3. The highest BCUT2D eigenvalue weighted by Crippen LogP contribution is 2.07. The van der Waals surface area contributed by atoms with Gasteiger partial charge in [0.2, 0.25) is 0 Å². The molecule has 0 aliphatic carbocycles. The summed E-state index contributed by atoms with van der Waals surface area (Å²) in [6, 6.07) is 0. The molecule has 3 heteroatoms. The topological polar surface area (TPSA) is 28.0 Å². The van der Waals surface area contributed by atoms with Crippen LogP contribution in [0.25, 0.3) is 0 Å². The van der Waals surface area contributed by atoms with Crippen LogP contribution in [0.1, 0.15) is 6.92 Å². The number of fused-ring (bicyclic) bond motifs is 1. The maximum atomic E-state index is 4.28. The van der Waals surface area contributed by atoms with Crippen molar-refractivity contribution in [1.29, 1.82) is 0 Å². The molecular formula is C7H9N3. The molecule has 0 amide bonds. The number of amidine groups is 1. The van der Waals surface area contributed by atoms with Crippen molar-refractivity contribution < 1.29 is 0 Å². The zero-order valence-electron chi connectivity index (χ0n) is 5.91. The lowest BCUT2D eigenvalue weighted by Crippen LogP contribution is -2.24. The van der Waals surface area contributed by atoms with Crippen molar-refractivity contribution in [2.24, 2.45) is 10.1 Å². The van der Waals surface area contributed by atoms with Gasteiger partial charge >= 0.3 is 0 Å². The van der Waals surface area contributed by atoms with Crippen molar-refractivity contribution in [3.8, 4) is 0 Å². The summed E-state index contributed by atoms with van der Waals surface area (Å²) in [7, 11) is 0. The van der Waals surface area contributed by atoms with E-state index in [1.54, 1.807) is 0 Å². The van der Waals surface area contributed by atoms with Crippen molar-refractivity contribution in [3.63, 3.8) is 0 Å². The largest absolute Gasteiger partial charge is 0.265 e. The first-order valence-corrected chi connectivity index (χ1v) is 3.41. The summed E-state index contributed by atoms with van der Waals surface area (Å²) >= 11 is 0. The van der Waals surface area contributed by atoms with Crippen LogP contribution in [0, 0.1) is 0 Å². The second-order valence-electron chi connectivity index (χ2n) is 2.44. The van der Waals surface area contributed by atoms with E-state index in [9.17, 15) is 0 Å². The number of hydrazone groups is 1. The van der Waals surface area contributed by atoms with Crippen molar-refractivity contribution in [2.45, 2.75) is 6.92 Å². The molecule has 0 saturated heterocycles. The minimum absolute atomic E-state index is 0.885. The maximum absolute atomic E-state index is 4.28. The minimum atomic E-state index is 0.885. The molecule has 10 heavy (non-hydrogen) atoms. The van der Waals surface area contributed by atoms with E-state index >= 15 is 0 Å². The molecule has 3 nitrogen and oxygen atoms in total. The number of aliphatic imine (C=N–C) groups is 1. The third kappa shape index (κ3) is 0.744. The Bertz CT molecular complexity index is 237. The average Bonchev–Trinajstić information content (AvgIpc) is 2.33. The first-order chi connectivity index (χ1) is 4.86. The molecule has 2 heterocycles. The Hall–Kier alpha value is -1.12. The lowest BCUT2D eigenvalue weighted by Gasteiger charge is -2.15. The van der Waals surface area contributed by atoms with Crippen LogP contribution in [0.15, 0.2) is 22.2 Å². The van der Waals surface area contributed by atoms with Crippen LogP contribution in [0.4, 0.5) is 0 Å². The van der Waals surface area contributed by atoms with Gasteiger partial charge in [-0.2, -0.15) is 5.10 Å². The van der Waals surface area contributed by atoms with Gasteiger partial charge < -0.3 is 0 Å². The van der Waals surface area contributed by atoms with Crippen LogP contribution in [-0.2, 0) is 0 Å². The van der Waals surface area contributed by atoms with E-state index in [4.69, 9.17) is 0 Å². The maximum Gasteiger partial charge on any atom is 0.144 e. The molecule has 2 aliphatic heterocycles. The summed E-state index contributed by atoms with van der Waals surface area (Å²) in [5, 5.41) is 6.22. The summed E-state index contributed by atoms with van der Waals surface area (Å²) in [6.07, 6.45) is 4.00. The second-order valence-corrected chi connectivity index (χ2v) is 2.44. The first kappa shape index (κ1) is 5.65. The Balaban J connectivity index is 2.32. The van der Waals surface area contributed by atoms with E-state index in [0.717, 1.165) is 24.6 Å². The Labute approximate surface area is 59.7 Å². The van der Waals surface area contributed by atoms with Gasteiger partial charge in [-0.15, -0.1) is 0 Å². The number of nitrogens with zero attached hydrogens (tertiary/aromatic N) is 3. The molecule has 0 aromatic rings. The van der Waals surface area contributed by atoms with Crippen LogP contribution >= 0.6 is 0 Å². The predicted molar refractivity (Wildman–Crippen MR) is 41.3 cm³/mol. The number of hydrogen-bond donors (Lipinski definition) is 0. The molecule has 0 aromatic heterocycles. The number of rotatable bonds is 0. The number of allylic oxidation sites excluding steroid dienone is 1. The van der Waals surface area contributed by atoms with Crippen molar-refractivity contribution in [2.75, 3.05) is 13.1 Å². The van der Waals surface area contributed by atoms with Gasteiger partial charge in [0.1, 0.15) is 5.84 Å². The molecule has 0 saturated carbocycles. The molecule has 0 radical (unpaired) electrons. The van der Waals surface area contributed by atoms with Gasteiger partial charge in [-0.1, -0.05) is 0 Å². The smallest absolute Gasteiger partial charge is 0.144 e. The second kappa shape index (κ2) is 1.94. The van der Waals surface area contributed by atoms with Crippen LogP contribution in [0.3, 0.4) is 0 Å². The van der Waals surface area contributed by atoms with Gasteiger partial charge in [0.25, 0.3) is 0 Å². The van der Waals surface area contributed by atoms with Gasteiger partial charge in [-0.3, -0.25) is 4.99 Å². The highest BCUT2D eigenvalue weighted by atomic mass is 15.5. The SMILES string of the molecule is CC1=NN2CCN=C2C=C1. The lowest BCUT2D eigenvalue weighted by molar-refractivity contribution is 0.489. The fourth-order valence-electron chi connectivity index (χ4n) is 1.11. The molecule has 0 bridgehead atoms. The summed E-state index contributed by atoms with van der Waals surface area (Å²) < 4.78 is 0. The zero-order valence-corrected chi connectivity index (χ0v) is 5.91. The molecule has 0 fully saturated rings. The molecular weight excluding hydrogens is 126 g/mol. The third-order valence-electron chi connectivity index (χ3n) is 1.60. The van der Waals surface area contributed by atoms with E-state index in [0.29, 0.717) is 0 Å². The average molecular weight is 135 g/mol. The number of hydrogen-bond acceptors (Lipinski definition) is 3. The molecule has 0 unspecified atom stereocenters. The van der Waals surface area contributed by atoms with Gasteiger partial charge in [-0.25, -0.2) is 5.01 Å². The standard InChI is InChI=1S/C7H9N3/c1-6-2-3-7-8-4-5-10(7)9-6/h2-3H,4-5H2,1H3. The third-order valence-corrected chi connectivity index (χ3v) is 1.60. The molecule has 0 N–H and O–H groups in total. The first-order valence-electron chi connectivity index (χ1n) is 3.41. The fourth-order valence-corrected chi connectivity index (χ4v) is 1.11. The quantitative estimate of drug-likeness (QED) is 0.479.